The van der Waals surface area contributed by atoms with Crippen molar-refractivity contribution in [1.82, 2.24) is 0 Å². The van der Waals surface area contributed by atoms with E-state index in [0.29, 0.717) is 18.4 Å². The standard InChI is InChI=1S/C7H12O2/c1-5-3-6(5)7(8)4-9-2/h5-6H,3-4H2,1-2H3/t5-,6-/m1/s1. The van der Waals surface area contributed by atoms with Crippen LogP contribution in [0.4, 0.5) is 0 Å². The number of carbonyl (C=O) groups excluding carboxylic acids is 1. The molecule has 0 aromatic heterocycles. The molecule has 9 heavy (non-hydrogen) atoms. The molecule has 0 aromatic carbocycles. The zero-order chi connectivity index (χ0) is 6.85. The van der Waals surface area contributed by atoms with Crippen LogP contribution in [0.5, 0.6) is 0 Å². The van der Waals surface area contributed by atoms with Gasteiger partial charge in [-0.15, -0.1) is 0 Å². The topological polar surface area (TPSA) is 26.3 Å². The van der Waals surface area contributed by atoms with Gasteiger partial charge in [-0.25, -0.2) is 0 Å². The first-order valence-electron chi connectivity index (χ1n) is 3.27. The lowest BCUT2D eigenvalue weighted by Gasteiger charge is -1.93. The smallest absolute Gasteiger partial charge is 0.161 e. The maximum absolute atomic E-state index is 10.9. The summed E-state index contributed by atoms with van der Waals surface area (Å²) in [7, 11) is 1.56. The molecule has 0 unspecified atom stereocenters. The minimum absolute atomic E-state index is 0.269. The van der Waals surface area contributed by atoms with E-state index < -0.39 is 0 Å². The highest BCUT2D eigenvalue weighted by molar-refractivity contribution is 5.84. The van der Waals surface area contributed by atoms with Gasteiger partial charge in [0.15, 0.2) is 5.78 Å². The summed E-state index contributed by atoms with van der Waals surface area (Å²) in [6.45, 7) is 2.40. The van der Waals surface area contributed by atoms with Crippen LogP contribution in [0.2, 0.25) is 0 Å². The molecule has 0 aliphatic heterocycles. The number of Topliss-reactive ketones (excluding diaryl/α,β-unsaturated/α-hetero) is 1. The first-order valence-corrected chi connectivity index (χ1v) is 3.27. The Bertz CT molecular complexity index is 120. The van der Waals surface area contributed by atoms with Crippen molar-refractivity contribution < 1.29 is 9.53 Å². The fourth-order valence-corrected chi connectivity index (χ4v) is 1.02. The molecule has 0 heterocycles. The van der Waals surface area contributed by atoms with Gasteiger partial charge in [-0.05, 0) is 12.3 Å². The molecule has 0 amide bonds. The zero-order valence-corrected chi connectivity index (χ0v) is 5.89. The monoisotopic (exact) mass is 128 g/mol. The number of hydrogen-bond acceptors (Lipinski definition) is 2. The van der Waals surface area contributed by atoms with Gasteiger partial charge in [0.05, 0.1) is 0 Å². The van der Waals surface area contributed by atoms with Gasteiger partial charge in [-0.2, -0.15) is 0 Å². The lowest BCUT2D eigenvalue weighted by atomic mass is 10.2. The number of ketones is 1. The number of ether oxygens (including phenoxy) is 1. The van der Waals surface area contributed by atoms with E-state index >= 15 is 0 Å². The van der Waals surface area contributed by atoms with Gasteiger partial charge in [0, 0.05) is 13.0 Å². The molecule has 0 N–H and O–H groups in total. The summed E-state index contributed by atoms with van der Waals surface area (Å²) in [6, 6.07) is 0. The average Bonchev–Trinajstić information content (AvgIpc) is 2.47. The fourth-order valence-electron chi connectivity index (χ4n) is 1.02. The molecule has 0 bridgehead atoms. The van der Waals surface area contributed by atoms with Crippen LogP contribution in [0.15, 0.2) is 0 Å². The predicted molar refractivity (Wildman–Crippen MR) is 34.2 cm³/mol. The van der Waals surface area contributed by atoms with Crippen molar-refractivity contribution in [2.45, 2.75) is 13.3 Å². The highest BCUT2D eigenvalue weighted by Gasteiger charge is 2.38. The summed E-state index contributed by atoms with van der Waals surface area (Å²) in [5.41, 5.74) is 0. The molecule has 0 radical (unpaired) electrons. The number of hydrogen-bond donors (Lipinski definition) is 0. The van der Waals surface area contributed by atoms with Crippen molar-refractivity contribution in [3.63, 3.8) is 0 Å². The van der Waals surface area contributed by atoms with E-state index in [0.717, 1.165) is 6.42 Å². The second kappa shape index (κ2) is 2.48. The van der Waals surface area contributed by atoms with Gasteiger partial charge in [-0.3, -0.25) is 4.79 Å². The zero-order valence-electron chi connectivity index (χ0n) is 5.89. The molecule has 1 saturated carbocycles. The number of methoxy groups -OCH3 is 1. The molecule has 1 aliphatic rings. The Morgan fingerprint density at radius 3 is 2.67 bits per heavy atom. The minimum Gasteiger partial charge on any atom is -0.377 e. The molecular formula is C7H12O2. The van der Waals surface area contributed by atoms with Crippen molar-refractivity contribution in [2.24, 2.45) is 11.8 Å². The molecule has 1 aliphatic carbocycles. The summed E-state index contributed by atoms with van der Waals surface area (Å²) >= 11 is 0. The summed E-state index contributed by atoms with van der Waals surface area (Å²) in [6.07, 6.45) is 1.07. The van der Waals surface area contributed by atoms with Crippen LogP contribution >= 0.6 is 0 Å². The van der Waals surface area contributed by atoms with Gasteiger partial charge in [0.2, 0.25) is 0 Å². The average molecular weight is 128 g/mol. The van der Waals surface area contributed by atoms with E-state index in [9.17, 15) is 4.79 Å². The second-order valence-electron chi connectivity index (χ2n) is 2.72. The van der Waals surface area contributed by atoms with Crippen molar-refractivity contribution in [2.75, 3.05) is 13.7 Å². The van der Waals surface area contributed by atoms with Gasteiger partial charge < -0.3 is 4.74 Å². The Labute approximate surface area is 55.2 Å². The largest absolute Gasteiger partial charge is 0.377 e. The van der Waals surface area contributed by atoms with Crippen molar-refractivity contribution in [1.29, 1.82) is 0 Å². The molecular weight excluding hydrogens is 116 g/mol. The Morgan fingerprint density at radius 1 is 1.78 bits per heavy atom. The SMILES string of the molecule is COCC(=O)[C@@H]1C[C@H]1C. The minimum atomic E-state index is 0.269. The first kappa shape index (κ1) is 6.75. The van der Waals surface area contributed by atoms with Crippen LogP contribution in [0, 0.1) is 11.8 Å². The van der Waals surface area contributed by atoms with Crippen LogP contribution in [-0.4, -0.2) is 19.5 Å². The Kier molecular flexibility index (Phi) is 1.86. The fraction of sp³-hybridized carbons (Fsp3) is 0.857. The Morgan fingerprint density at radius 2 is 2.33 bits per heavy atom. The molecule has 2 atom stereocenters. The predicted octanol–water partition coefficient (Wildman–Crippen LogP) is 0.858. The van der Waals surface area contributed by atoms with Crippen molar-refractivity contribution >= 4 is 5.78 Å². The van der Waals surface area contributed by atoms with Gasteiger partial charge in [0.1, 0.15) is 6.61 Å². The van der Waals surface area contributed by atoms with Gasteiger partial charge >= 0.3 is 0 Å². The van der Waals surface area contributed by atoms with Crippen molar-refractivity contribution in [3.8, 4) is 0 Å². The summed E-state index contributed by atoms with van der Waals surface area (Å²) < 4.78 is 4.70. The molecule has 2 nitrogen and oxygen atoms in total. The molecule has 0 spiro atoms. The lowest BCUT2D eigenvalue weighted by Crippen LogP contribution is -2.09. The van der Waals surface area contributed by atoms with Crippen LogP contribution in [0.25, 0.3) is 0 Å². The van der Waals surface area contributed by atoms with E-state index in [4.69, 9.17) is 4.74 Å². The van der Waals surface area contributed by atoms with E-state index in [2.05, 4.69) is 6.92 Å². The molecule has 0 saturated heterocycles. The summed E-state index contributed by atoms with van der Waals surface area (Å²) in [5, 5.41) is 0. The number of rotatable bonds is 3. The quantitative estimate of drug-likeness (QED) is 0.563. The van der Waals surface area contributed by atoms with Crippen molar-refractivity contribution in [3.05, 3.63) is 0 Å². The summed E-state index contributed by atoms with van der Waals surface area (Å²) in [5.74, 6) is 1.21. The Hall–Kier alpha value is -0.370. The molecule has 1 rings (SSSR count). The van der Waals surface area contributed by atoms with Gasteiger partial charge in [-0.1, -0.05) is 6.92 Å². The van der Waals surface area contributed by atoms with Crippen LogP contribution in [0.1, 0.15) is 13.3 Å². The second-order valence-corrected chi connectivity index (χ2v) is 2.72. The molecule has 0 aromatic rings. The van der Waals surface area contributed by atoms with Crippen LogP contribution < -0.4 is 0 Å². The third-order valence-electron chi connectivity index (χ3n) is 1.81. The highest BCUT2D eigenvalue weighted by atomic mass is 16.5. The third kappa shape index (κ3) is 1.52. The highest BCUT2D eigenvalue weighted by Crippen LogP contribution is 2.38. The molecule has 2 heteroatoms. The summed E-state index contributed by atoms with van der Waals surface area (Å²) in [4.78, 5) is 10.9. The third-order valence-corrected chi connectivity index (χ3v) is 1.81. The lowest BCUT2D eigenvalue weighted by molar-refractivity contribution is -0.124. The maximum Gasteiger partial charge on any atom is 0.161 e. The maximum atomic E-state index is 10.9. The van der Waals surface area contributed by atoms with Crippen LogP contribution in [0.3, 0.4) is 0 Å². The van der Waals surface area contributed by atoms with E-state index in [1.165, 1.54) is 0 Å². The number of carbonyl (C=O) groups is 1. The normalized spacial score (nSPS) is 32.2. The van der Waals surface area contributed by atoms with E-state index in [1.807, 2.05) is 0 Å². The first-order chi connectivity index (χ1) is 4.25. The van der Waals surface area contributed by atoms with Gasteiger partial charge in [0.25, 0.3) is 0 Å². The Balaban J connectivity index is 2.20. The molecule has 52 valence electrons. The van der Waals surface area contributed by atoms with E-state index in [1.54, 1.807) is 7.11 Å². The van der Waals surface area contributed by atoms with E-state index in [-0.39, 0.29) is 5.78 Å². The van der Waals surface area contributed by atoms with Crippen LogP contribution in [-0.2, 0) is 9.53 Å². The molecule has 1 fully saturated rings.